The molecule has 0 spiro atoms. The fraction of sp³-hybridized carbons (Fsp3) is 0.0800. The van der Waals surface area contributed by atoms with Crippen LogP contribution in [-0.4, -0.2) is 20.7 Å². The SMILES string of the molecule is O=C(O)c1cc(-n2c(-c3ccccc3)cc3c2CCc2cc(Cl)ccc2-3)ccc1O. The molecule has 0 saturated carbocycles. The van der Waals surface area contributed by atoms with Gasteiger partial charge in [-0.2, -0.15) is 0 Å². The number of phenols is 1. The van der Waals surface area contributed by atoms with Crippen LogP contribution in [0.25, 0.3) is 28.1 Å². The molecule has 0 saturated heterocycles. The second kappa shape index (κ2) is 7.08. The molecule has 0 fully saturated rings. The Morgan fingerprint density at radius 3 is 2.47 bits per heavy atom. The number of nitrogens with zero attached hydrogens (tertiary/aromatic N) is 1. The zero-order valence-corrected chi connectivity index (χ0v) is 16.7. The summed E-state index contributed by atoms with van der Waals surface area (Å²) in [7, 11) is 0. The largest absolute Gasteiger partial charge is 0.507 e. The Hall–Kier alpha value is -3.50. The fourth-order valence-corrected chi connectivity index (χ4v) is 4.46. The lowest BCUT2D eigenvalue weighted by molar-refractivity contribution is 0.0693. The smallest absolute Gasteiger partial charge is 0.339 e. The van der Waals surface area contributed by atoms with Gasteiger partial charge >= 0.3 is 5.97 Å². The quantitative estimate of drug-likeness (QED) is 0.433. The summed E-state index contributed by atoms with van der Waals surface area (Å²) in [5.41, 5.74) is 7.21. The van der Waals surface area contributed by atoms with Gasteiger partial charge in [-0.3, -0.25) is 0 Å². The van der Waals surface area contributed by atoms with Crippen molar-refractivity contribution in [1.29, 1.82) is 0 Å². The van der Waals surface area contributed by atoms with Crippen molar-refractivity contribution in [1.82, 2.24) is 4.57 Å². The number of carboxylic acids is 1. The molecule has 0 unspecified atom stereocenters. The van der Waals surface area contributed by atoms with E-state index in [1.54, 1.807) is 6.07 Å². The molecule has 3 aromatic carbocycles. The predicted octanol–water partition coefficient (Wildman–Crippen LogP) is 5.97. The monoisotopic (exact) mass is 415 g/mol. The van der Waals surface area contributed by atoms with E-state index in [1.165, 1.54) is 17.7 Å². The summed E-state index contributed by atoms with van der Waals surface area (Å²) in [5, 5.41) is 20.2. The highest BCUT2D eigenvalue weighted by Gasteiger charge is 2.25. The van der Waals surface area contributed by atoms with Crippen molar-refractivity contribution >= 4 is 17.6 Å². The Kier molecular flexibility index (Phi) is 4.37. The average Bonchev–Trinajstić information content (AvgIpc) is 3.14. The molecule has 5 heteroatoms. The van der Waals surface area contributed by atoms with Crippen LogP contribution < -0.4 is 0 Å². The summed E-state index contributed by atoms with van der Waals surface area (Å²) in [5.74, 6) is -1.40. The summed E-state index contributed by atoms with van der Waals surface area (Å²) in [6.45, 7) is 0. The van der Waals surface area contributed by atoms with Crippen molar-refractivity contribution in [2.75, 3.05) is 0 Å². The van der Waals surface area contributed by atoms with Gasteiger partial charge in [0, 0.05) is 22.0 Å². The van der Waals surface area contributed by atoms with E-state index in [1.807, 2.05) is 48.5 Å². The normalized spacial score (nSPS) is 12.3. The van der Waals surface area contributed by atoms with Crippen molar-refractivity contribution in [2.45, 2.75) is 12.8 Å². The summed E-state index contributed by atoms with van der Waals surface area (Å²) in [4.78, 5) is 11.6. The Bertz CT molecular complexity index is 1290. The molecule has 30 heavy (non-hydrogen) atoms. The van der Waals surface area contributed by atoms with E-state index < -0.39 is 5.97 Å². The molecule has 1 aromatic heterocycles. The van der Waals surface area contributed by atoms with E-state index in [9.17, 15) is 15.0 Å². The number of carbonyl (C=O) groups is 1. The number of halogens is 1. The van der Waals surface area contributed by atoms with Gasteiger partial charge in [-0.25, -0.2) is 4.79 Å². The Morgan fingerprint density at radius 2 is 1.70 bits per heavy atom. The van der Waals surface area contributed by atoms with Gasteiger partial charge in [0.05, 0.1) is 5.69 Å². The minimum Gasteiger partial charge on any atom is -0.507 e. The number of aromatic hydroxyl groups is 1. The van der Waals surface area contributed by atoms with E-state index in [0.717, 1.165) is 45.9 Å². The summed E-state index contributed by atoms with van der Waals surface area (Å²) in [6, 6.07) is 22.9. The molecule has 0 amide bonds. The van der Waals surface area contributed by atoms with Gasteiger partial charge in [0.1, 0.15) is 11.3 Å². The summed E-state index contributed by atoms with van der Waals surface area (Å²) >= 11 is 6.21. The van der Waals surface area contributed by atoms with Crippen LogP contribution in [0.4, 0.5) is 0 Å². The van der Waals surface area contributed by atoms with Crippen LogP contribution in [0.2, 0.25) is 5.02 Å². The maximum absolute atomic E-state index is 11.6. The fourth-order valence-electron chi connectivity index (χ4n) is 4.27. The first-order valence-corrected chi connectivity index (χ1v) is 10.1. The Morgan fingerprint density at radius 1 is 0.900 bits per heavy atom. The van der Waals surface area contributed by atoms with Crippen molar-refractivity contribution in [3.63, 3.8) is 0 Å². The van der Waals surface area contributed by atoms with Gasteiger partial charge in [0.25, 0.3) is 0 Å². The number of aryl methyl sites for hydroxylation is 1. The molecule has 2 N–H and O–H groups in total. The van der Waals surface area contributed by atoms with Crippen LogP contribution in [0.5, 0.6) is 5.75 Å². The Labute approximate surface area is 178 Å². The highest BCUT2D eigenvalue weighted by atomic mass is 35.5. The van der Waals surface area contributed by atoms with E-state index in [0.29, 0.717) is 5.69 Å². The molecule has 148 valence electrons. The number of benzene rings is 3. The minimum atomic E-state index is -1.16. The molecule has 1 aliphatic rings. The maximum atomic E-state index is 11.6. The highest BCUT2D eigenvalue weighted by molar-refractivity contribution is 6.30. The summed E-state index contributed by atoms with van der Waals surface area (Å²) < 4.78 is 2.11. The zero-order chi connectivity index (χ0) is 20.8. The third-order valence-electron chi connectivity index (χ3n) is 5.63. The van der Waals surface area contributed by atoms with E-state index in [4.69, 9.17) is 11.6 Å². The van der Waals surface area contributed by atoms with Gasteiger partial charge < -0.3 is 14.8 Å². The van der Waals surface area contributed by atoms with Crippen LogP contribution in [0.1, 0.15) is 21.6 Å². The van der Waals surface area contributed by atoms with Crippen LogP contribution in [-0.2, 0) is 12.8 Å². The highest BCUT2D eigenvalue weighted by Crippen LogP contribution is 2.41. The molecular weight excluding hydrogens is 398 g/mol. The number of carboxylic acid groups (broad SMARTS) is 1. The number of hydrogen-bond donors (Lipinski definition) is 2. The van der Waals surface area contributed by atoms with E-state index >= 15 is 0 Å². The molecule has 1 aliphatic carbocycles. The van der Waals surface area contributed by atoms with Crippen LogP contribution >= 0.6 is 11.6 Å². The molecule has 0 bridgehead atoms. The molecule has 0 atom stereocenters. The number of rotatable bonds is 3. The second-order valence-electron chi connectivity index (χ2n) is 7.40. The third-order valence-corrected chi connectivity index (χ3v) is 5.86. The Balaban J connectivity index is 1.80. The van der Waals surface area contributed by atoms with E-state index in [-0.39, 0.29) is 11.3 Å². The number of hydrogen-bond acceptors (Lipinski definition) is 2. The third kappa shape index (κ3) is 2.97. The minimum absolute atomic E-state index is 0.114. The predicted molar refractivity (Wildman–Crippen MR) is 118 cm³/mol. The lowest BCUT2D eigenvalue weighted by atomic mass is 9.89. The van der Waals surface area contributed by atoms with Gasteiger partial charge in [-0.1, -0.05) is 48.0 Å². The molecule has 0 radical (unpaired) electrons. The van der Waals surface area contributed by atoms with Gasteiger partial charge in [0.2, 0.25) is 0 Å². The zero-order valence-electron chi connectivity index (χ0n) is 16.0. The number of aromatic nitrogens is 1. The lowest BCUT2D eigenvalue weighted by Gasteiger charge is -2.20. The molecular formula is C25H18ClNO3. The molecule has 1 heterocycles. The molecule has 0 aliphatic heterocycles. The average molecular weight is 416 g/mol. The molecule has 4 nitrogen and oxygen atoms in total. The van der Waals surface area contributed by atoms with Crippen molar-refractivity contribution in [2.24, 2.45) is 0 Å². The van der Waals surface area contributed by atoms with Gasteiger partial charge in [-0.05, 0) is 65.9 Å². The standard InChI is InChI=1S/C25H18ClNO3/c26-17-7-9-19-16(12-17)6-10-22-20(19)14-23(15-4-2-1-3-5-15)27(22)18-8-11-24(28)21(13-18)25(29)30/h1-5,7-9,11-14,28H,6,10H2,(H,29,30). The van der Waals surface area contributed by atoms with Crippen LogP contribution in [0.3, 0.4) is 0 Å². The lowest BCUT2D eigenvalue weighted by Crippen LogP contribution is -2.09. The van der Waals surface area contributed by atoms with Crippen LogP contribution in [0, 0.1) is 0 Å². The number of fused-ring (bicyclic) bond motifs is 3. The maximum Gasteiger partial charge on any atom is 0.339 e. The molecule has 5 rings (SSSR count). The first kappa shape index (κ1) is 18.5. The number of aromatic carboxylic acids is 1. The topological polar surface area (TPSA) is 62.5 Å². The van der Waals surface area contributed by atoms with Crippen molar-refractivity contribution in [3.8, 4) is 33.8 Å². The first-order valence-electron chi connectivity index (χ1n) is 9.68. The summed E-state index contributed by atoms with van der Waals surface area (Å²) in [6.07, 6.45) is 1.66. The first-order chi connectivity index (χ1) is 14.5. The van der Waals surface area contributed by atoms with Gasteiger partial charge in [0.15, 0.2) is 0 Å². The second-order valence-corrected chi connectivity index (χ2v) is 7.84. The van der Waals surface area contributed by atoms with E-state index in [2.05, 4.69) is 10.6 Å². The van der Waals surface area contributed by atoms with Crippen LogP contribution in [0.15, 0.2) is 72.8 Å². The van der Waals surface area contributed by atoms with Crippen molar-refractivity contribution < 1.29 is 15.0 Å². The van der Waals surface area contributed by atoms with Crippen molar-refractivity contribution in [3.05, 3.63) is 94.6 Å². The van der Waals surface area contributed by atoms with Gasteiger partial charge in [-0.15, -0.1) is 0 Å². The molecule has 4 aromatic rings.